The second-order valence-corrected chi connectivity index (χ2v) is 12.0. The van der Waals surface area contributed by atoms with Crippen molar-refractivity contribution in [3.8, 4) is 0 Å². The number of hydrogen-bond acceptors (Lipinski definition) is 1. The smallest absolute Gasteiger partial charge is 0.226 e. The van der Waals surface area contributed by atoms with E-state index in [2.05, 4.69) is 39.3 Å². The summed E-state index contributed by atoms with van der Waals surface area (Å²) in [5, 5.41) is 0. The van der Waals surface area contributed by atoms with Crippen molar-refractivity contribution >= 4 is 16.6 Å². The summed E-state index contributed by atoms with van der Waals surface area (Å²) in [7, 11) is -3.16. The molecule has 0 unspecified atom stereocenters. The van der Waals surface area contributed by atoms with E-state index >= 15 is 0 Å². The third kappa shape index (κ3) is 9.55. The topological polar surface area (TPSA) is 9.23 Å². The van der Waals surface area contributed by atoms with Crippen LogP contribution in [0, 0.1) is 0 Å². The van der Waals surface area contributed by atoms with Crippen molar-refractivity contribution < 1.29 is 46.2 Å². The molecule has 1 nitrogen and oxygen atoms in total. The molecule has 0 aromatic rings. The third-order valence-electron chi connectivity index (χ3n) is 1.34. The van der Waals surface area contributed by atoms with Gasteiger partial charge in [-0.1, -0.05) is 11.4 Å². The van der Waals surface area contributed by atoms with Gasteiger partial charge >= 0.3 is 0 Å². The third-order valence-corrected chi connectivity index (χ3v) is 7.17. The second kappa shape index (κ2) is 7.53. The van der Waals surface area contributed by atoms with Crippen molar-refractivity contribution in [2.24, 2.45) is 0 Å². The summed E-state index contributed by atoms with van der Waals surface area (Å²) in [4.78, 5) is 0. The SMILES string of the molecule is C=C[Si](C)(C=C)O[Si](C)(C)C.[Pt].[Pt]. The summed E-state index contributed by atoms with van der Waals surface area (Å²) in [6.07, 6.45) is 0. The summed E-state index contributed by atoms with van der Waals surface area (Å²) >= 11 is 0. The first-order valence-electron chi connectivity index (χ1n) is 3.80. The number of hydrogen-bond donors (Lipinski definition) is 0. The first-order chi connectivity index (χ1) is 4.83. The van der Waals surface area contributed by atoms with Crippen LogP contribution in [0.3, 0.4) is 0 Å². The Balaban J connectivity index is -0.000000500. The van der Waals surface area contributed by atoms with Crippen LogP contribution in [0.25, 0.3) is 0 Å². The van der Waals surface area contributed by atoms with E-state index in [-0.39, 0.29) is 42.1 Å². The molecule has 13 heavy (non-hydrogen) atoms. The summed E-state index contributed by atoms with van der Waals surface area (Å²) in [6.45, 7) is 16.2. The van der Waals surface area contributed by atoms with Crippen molar-refractivity contribution in [3.63, 3.8) is 0 Å². The van der Waals surface area contributed by atoms with Crippen molar-refractivity contribution in [2.75, 3.05) is 0 Å². The van der Waals surface area contributed by atoms with Gasteiger partial charge in [0.1, 0.15) is 0 Å². The van der Waals surface area contributed by atoms with E-state index in [0.717, 1.165) is 0 Å². The predicted molar refractivity (Wildman–Crippen MR) is 56.4 cm³/mol. The van der Waals surface area contributed by atoms with Crippen molar-refractivity contribution in [3.05, 3.63) is 24.6 Å². The molecule has 0 bridgehead atoms. The zero-order chi connectivity index (χ0) is 9.12. The van der Waals surface area contributed by atoms with Gasteiger partial charge in [-0.3, -0.25) is 0 Å². The molecule has 0 saturated heterocycles. The molecule has 0 saturated carbocycles. The van der Waals surface area contributed by atoms with Crippen molar-refractivity contribution in [1.29, 1.82) is 0 Å². The Hall–Kier alpha value is 1.25. The van der Waals surface area contributed by atoms with E-state index in [4.69, 9.17) is 4.12 Å². The molecule has 0 aromatic carbocycles. The minimum Gasteiger partial charge on any atom is -0.450 e. The predicted octanol–water partition coefficient (Wildman–Crippen LogP) is 2.86. The molecule has 5 heteroatoms. The van der Waals surface area contributed by atoms with Gasteiger partial charge in [0.05, 0.1) is 0 Å². The Morgan fingerprint density at radius 3 is 1.31 bits per heavy atom. The van der Waals surface area contributed by atoms with Crippen LogP contribution in [0.2, 0.25) is 26.2 Å². The zero-order valence-electron chi connectivity index (χ0n) is 8.61. The van der Waals surface area contributed by atoms with Crippen LogP contribution in [0.15, 0.2) is 24.6 Å². The van der Waals surface area contributed by atoms with E-state index in [9.17, 15) is 0 Å². The van der Waals surface area contributed by atoms with Crippen LogP contribution in [0.4, 0.5) is 0 Å². The van der Waals surface area contributed by atoms with E-state index in [1.165, 1.54) is 0 Å². The molecular formula is C8H18OPt2Si2. The first kappa shape index (κ1) is 19.8. The van der Waals surface area contributed by atoms with Gasteiger partial charge in [-0.05, 0) is 26.2 Å². The molecule has 84 valence electrons. The number of rotatable bonds is 4. The summed E-state index contributed by atoms with van der Waals surface area (Å²) < 4.78 is 5.97. The summed E-state index contributed by atoms with van der Waals surface area (Å²) in [6, 6.07) is 0. The second-order valence-electron chi connectivity index (χ2n) is 3.81. The average molecular weight is 577 g/mol. The molecule has 0 N–H and O–H groups in total. The fourth-order valence-corrected chi connectivity index (χ4v) is 6.94. The molecule has 0 rings (SSSR count). The van der Waals surface area contributed by atoms with Crippen molar-refractivity contribution in [2.45, 2.75) is 26.2 Å². The van der Waals surface area contributed by atoms with Gasteiger partial charge in [-0.25, -0.2) is 0 Å². The molecule has 0 fully saturated rings. The molecule has 0 aliphatic rings. The van der Waals surface area contributed by atoms with Gasteiger partial charge in [0.2, 0.25) is 8.32 Å². The molecule has 0 aliphatic carbocycles. The molecule has 0 heterocycles. The van der Waals surface area contributed by atoms with Crippen LogP contribution in [0.5, 0.6) is 0 Å². The quantitative estimate of drug-likeness (QED) is 0.468. The van der Waals surface area contributed by atoms with E-state index in [1.54, 1.807) is 0 Å². The zero-order valence-corrected chi connectivity index (χ0v) is 15.2. The molecule has 0 aliphatic heterocycles. The Morgan fingerprint density at radius 1 is 0.923 bits per heavy atom. The normalized spacial score (nSPS) is 10.8. The standard InChI is InChI=1S/C8H18OSi2.2Pt/c1-7-11(6,8-2)9-10(3,4)5;;/h7-8H,1-2H2,3-6H3;;. The van der Waals surface area contributed by atoms with Crippen LogP contribution < -0.4 is 0 Å². The van der Waals surface area contributed by atoms with Gasteiger partial charge < -0.3 is 4.12 Å². The fraction of sp³-hybridized carbons (Fsp3) is 0.500. The molecule has 0 amide bonds. The Labute approximate surface area is 113 Å². The van der Waals surface area contributed by atoms with Gasteiger partial charge in [-0.2, -0.15) is 0 Å². The van der Waals surface area contributed by atoms with Gasteiger partial charge in [0.15, 0.2) is 8.32 Å². The Morgan fingerprint density at radius 2 is 1.23 bits per heavy atom. The van der Waals surface area contributed by atoms with E-state index in [1.807, 2.05) is 11.4 Å². The molecule has 0 atom stereocenters. The molecule has 0 radical (unpaired) electrons. The van der Waals surface area contributed by atoms with E-state index < -0.39 is 16.6 Å². The molecular weight excluding hydrogens is 558 g/mol. The largest absolute Gasteiger partial charge is 0.450 e. The van der Waals surface area contributed by atoms with Gasteiger partial charge in [0.25, 0.3) is 0 Å². The summed E-state index contributed by atoms with van der Waals surface area (Å²) in [5.74, 6) is 0. The van der Waals surface area contributed by atoms with Crippen LogP contribution in [0.1, 0.15) is 0 Å². The Bertz CT molecular complexity index is 158. The van der Waals surface area contributed by atoms with Crippen LogP contribution in [-0.2, 0) is 46.2 Å². The van der Waals surface area contributed by atoms with Crippen LogP contribution >= 0.6 is 0 Å². The van der Waals surface area contributed by atoms with Crippen molar-refractivity contribution in [1.82, 2.24) is 0 Å². The maximum absolute atomic E-state index is 5.97. The summed E-state index contributed by atoms with van der Waals surface area (Å²) in [5.41, 5.74) is 3.86. The first-order valence-corrected chi connectivity index (χ1v) is 9.77. The van der Waals surface area contributed by atoms with Gasteiger partial charge in [-0.15, -0.1) is 13.2 Å². The van der Waals surface area contributed by atoms with Crippen LogP contribution in [-0.4, -0.2) is 16.6 Å². The average Bonchev–Trinajstić information content (AvgIpc) is 1.84. The fourth-order valence-electron chi connectivity index (χ4n) is 0.826. The maximum Gasteiger partial charge on any atom is 0.226 e. The minimum absolute atomic E-state index is 0. The molecule has 0 aromatic heterocycles. The molecule has 0 spiro atoms. The monoisotopic (exact) mass is 576 g/mol. The van der Waals surface area contributed by atoms with E-state index in [0.29, 0.717) is 0 Å². The Kier molecular flexibility index (Phi) is 11.5. The minimum atomic E-state index is -1.74. The van der Waals surface area contributed by atoms with Gasteiger partial charge in [0, 0.05) is 42.1 Å². The maximum atomic E-state index is 5.97.